The number of nitrogens with one attached hydrogen (secondary N) is 1. The van der Waals surface area contributed by atoms with Gasteiger partial charge in [-0.3, -0.25) is 4.79 Å². The minimum Gasteiger partial charge on any atom is -0.480 e. The third-order valence-electron chi connectivity index (χ3n) is 6.69. The van der Waals surface area contributed by atoms with E-state index in [1.807, 2.05) is 6.92 Å². The van der Waals surface area contributed by atoms with Gasteiger partial charge in [0.05, 0.1) is 4.90 Å². The van der Waals surface area contributed by atoms with E-state index in [9.17, 15) is 33.0 Å². The van der Waals surface area contributed by atoms with E-state index in [1.165, 1.54) is 24.3 Å². The van der Waals surface area contributed by atoms with E-state index in [0.29, 0.717) is 17.5 Å². The molecular formula is C29H30N2O8S. The van der Waals surface area contributed by atoms with Crippen LogP contribution in [0.15, 0.2) is 83.8 Å². The minimum absolute atomic E-state index is 0.0696. The smallest absolute Gasteiger partial charge is 0.349 e. The number of carbonyl (C=O) groups is 3. The first-order valence-electron chi connectivity index (χ1n) is 12.7. The quantitative estimate of drug-likeness (QED) is 0.320. The van der Waals surface area contributed by atoms with Gasteiger partial charge in [0.25, 0.3) is 0 Å². The predicted octanol–water partition coefficient (Wildman–Crippen LogP) is 3.16. The molecule has 0 aromatic heterocycles. The third-order valence-corrected chi connectivity index (χ3v) is 8.61. The maximum Gasteiger partial charge on any atom is 0.349 e. The second-order valence-corrected chi connectivity index (χ2v) is 11.5. The maximum absolute atomic E-state index is 13.2. The van der Waals surface area contributed by atoms with Crippen molar-refractivity contribution in [3.05, 3.63) is 95.6 Å². The van der Waals surface area contributed by atoms with E-state index in [4.69, 9.17) is 4.74 Å². The lowest BCUT2D eigenvalue weighted by Gasteiger charge is -2.25. The zero-order chi connectivity index (χ0) is 28.9. The molecule has 1 fully saturated rings. The summed E-state index contributed by atoms with van der Waals surface area (Å²) in [7, 11) is -3.94. The Bertz CT molecular complexity index is 1460. The first-order chi connectivity index (χ1) is 19.1. The molecule has 210 valence electrons. The van der Waals surface area contributed by atoms with Crippen LogP contribution in [0.3, 0.4) is 0 Å². The van der Waals surface area contributed by atoms with Crippen LogP contribution in [-0.2, 0) is 30.8 Å². The van der Waals surface area contributed by atoms with Gasteiger partial charge in [-0.15, -0.1) is 0 Å². The molecule has 10 nitrogen and oxygen atoms in total. The monoisotopic (exact) mass is 566 g/mol. The molecule has 1 unspecified atom stereocenters. The number of hydrogen-bond acceptors (Lipinski definition) is 6. The Balaban J connectivity index is 1.43. The van der Waals surface area contributed by atoms with Crippen LogP contribution in [0.1, 0.15) is 35.6 Å². The summed E-state index contributed by atoms with van der Waals surface area (Å²) >= 11 is 0. The zero-order valence-corrected chi connectivity index (χ0v) is 22.6. The number of sulfonamides is 1. The van der Waals surface area contributed by atoms with Gasteiger partial charge in [0.2, 0.25) is 22.0 Å². The predicted molar refractivity (Wildman–Crippen MR) is 145 cm³/mol. The van der Waals surface area contributed by atoms with Gasteiger partial charge in [0.1, 0.15) is 17.8 Å². The number of aliphatic carboxylic acids is 2. The number of hydrogen-bond donors (Lipinski definition) is 3. The lowest BCUT2D eigenvalue weighted by Crippen LogP contribution is -2.51. The van der Waals surface area contributed by atoms with E-state index < -0.39 is 46.1 Å². The van der Waals surface area contributed by atoms with Crippen molar-refractivity contribution in [3.63, 3.8) is 0 Å². The lowest BCUT2D eigenvalue weighted by atomic mass is 10.0. The number of carboxylic acids is 2. The Hall–Kier alpha value is -4.22. The number of amides is 1. The van der Waals surface area contributed by atoms with Crippen molar-refractivity contribution in [2.75, 3.05) is 6.54 Å². The van der Waals surface area contributed by atoms with Crippen molar-refractivity contribution in [3.8, 4) is 5.75 Å². The summed E-state index contributed by atoms with van der Waals surface area (Å²) in [5.74, 6) is -2.82. The Morgan fingerprint density at radius 2 is 1.60 bits per heavy atom. The van der Waals surface area contributed by atoms with Crippen molar-refractivity contribution in [2.45, 2.75) is 49.3 Å². The van der Waals surface area contributed by atoms with Crippen LogP contribution in [-0.4, -0.2) is 59.4 Å². The zero-order valence-electron chi connectivity index (χ0n) is 21.8. The van der Waals surface area contributed by atoms with Crippen LogP contribution < -0.4 is 10.1 Å². The number of aryl methyl sites for hydroxylation is 1. The number of nitrogens with zero attached hydrogens (tertiary/aromatic N) is 1. The molecule has 3 atom stereocenters. The molecule has 1 saturated heterocycles. The molecule has 40 heavy (non-hydrogen) atoms. The van der Waals surface area contributed by atoms with Crippen molar-refractivity contribution in [1.82, 2.24) is 9.62 Å². The van der Waals surface area contributed by atoms with Crippen LogP contribution in [0.5, 0.6) is 5.75 Å². The van der Waals surface area contributed by atoms with Gasteiger partial charge in [0.15, 0.2) is 0 Å². The van der Waals surface area contributed by atoms with Crippen molar-refractivity contribution in [1.29, 1.82) is 0 Å². The second kappa shape index (κ2) is 12.3. The average Bonchev–Trinajstić information content (AvgIpc) is 3.44. The molecular weight excluding hydrogens is 536 g/mol. The van der Waals surface area contributed by atoms with Gasteiger partial charge in [-0.1, -0.05) is 60.2 Å². The van der Waals surface area contributed by atoms with E-state index in [0.717, 1.165) is 9.87 Å². The summed E-state index contributed by atoms with van der Waals surface area (Å²) in [6.07, 6.45) is -0.534. The number of benzene rings is 3. The summed E-state index contributed by atoms with van der Waals surface area (Å²) in [6, 6.07) is 18.7. The van der Waals surface area contributed by atoms with E-state index in [1.54, 1.807) is 54.6 Å². The van der Waals surface area contributed by atoms with Gasteiger partial charge >= 0.3 is 11.9 Å². The van der Waals surface area contributed by atoms with Crippen molar-refractivity contribution < 1.29 is 37.8 Å². The molecule has 1 aliphatic rings. The van der Waals surface area contributed by atoms with Crippen LogP contribution in [0.25, 0.3) is 0 Å². The molecule has 0 radical (unpaired) electrons. The average molecular weight is 567 g/mol. The normalized spacial score (nSPS) is 17.1. The van der Waals surface area contributed by atoms with Gasteiger partial charge in [-0.05, 0) is 49.6 Å². The van der Waals surface area contributed by atoms with Gasteiger partial charge < -0.3 is 20.3 Å². The second-order valence-electron chi connectivity index (χ2n) is 9.58. The number of carboxylic acid groups (broad SMARTS) is 2. The molecule has 3 aromatic carbocycles. The molecule has 1 heterocycles. The highest BCUT2D eigenvalue weighted by molar-refractivity contribution is 7.89. The summed E-state index contributed by atoms with van der Waals surface area (Å²) in [5.41, 5.74) is 1.93. The van der Waals surface area contributed by atoms with Crippen molar-refractivity contribution >= 4 is 27.9 Å². The highest BCUT2D eigenvalue weighted by Gasteiger charge is 2.40. The fourth-order valence-electron chi connectivity index (χ4n) is 4.57. The van der Waals surface area contributed by atoms with Crippen LogP contribution in [0.4, 0.5) is 0 Å². The van der Waals surface area contributed by atoms with Gasteiger partial charge in [0, 0.05) is 18.5 Å². The van der Waals surface area contributed by atoms with Gasteiger partial charge in [-0.2, -0.15) is 4.31 Å². The summed E-state index contributed by atoms with van der Waals surface area (Å²) in [4.78, 5) is 36.9. The highest BCUT2D eigenvalue weighted by atomic mass is 32.2. The molecule has 0 aliphatic carbocycles. The van der Waals surface area contributed by atoms with Gasteiger partial charge in [-0.25, -0.2) is 18.0 Å². The summed E-state index contributed by atoms with van der Waals surface area (Å²) < 4.78 is 33.2. The largest absolute Gasteiger partial charge is 0.480 e. The molecule has 1 aliphatic heterocycles. The van der Waals surface area contributed by atoms with E-state index >= 15 is 0 Å². The summed E-state index contributed by atoms with van der Waals surface area (Å²) in [6.45, 7) is 2.00. The first-order valence-corrected chi connectivity index (χ1v) is 14.2. The molecule has 11 heteroatoms. The molecule has 0 spiro atoms. The number of rotatable bonds is 11. The standard InChI is InChI=1S/C29H30N2O8S/c1-19-9-15-23(16-10-19)40(37,38)31-17-5-8-25(31)27(32)30-24(28(33)34)18-20-11-13-22(14-12-20)39-26(29(35)36)21-6-3-2-4-7-21/h2-4,6-7,9-16,24-26H,5,8,17-18H2,1H3,(H,30,32)(H,33,34)(H,35,36)/t24-,25-,26?/m0/s1. The first kappa shape index (κ1) is 28.8. The lowest BCUT2D eigenvalue weighted by molar-refractivity contribution is -0.145. The Morgan fingerprint density at radius 1 is 0.950 bits per heavy atom. The topological polar surface area (TPSA) is 150 Å². The van der Waals surface area contributed by atoms with E-state index in [2.05, 4.69) is 5.32 Å². The van der Waals surface area contributed by atoms with Crippen LogP contribution >= 0.6 is 0 Å². The van der Waals surface area contributed by atoms with Crippen LogP contribution in [0, 0.1) is 6.92 Å². The Labute approximate surface area is 232 Å². The Kier molecular flexibility index (Phi) is 8.86. The van der Waals surface area contributed by atoms with Crippen molar-refractivity contribution in [2.24, 2.45) is 0 Å². The molecule has 0 bridgehead atoms. The maximum atomic E-state index is 13.2. The summed E-state index contributed by atoms with van der Waals surface area (Å²) in [5, 5.41) is 21.8. The fraction of sp³-hybridized carbons (Fsp3) is 0.276. The fourth-order valence-corrected chi connectivity index (χ4v) is 6.22. The molecule has 4 rings (SSSR count). The molecule has 0 saturated carbocycles. The third kappa shape index (κ3) is 6.67. The molecule has 3 aromatic rings. The minimum atomic E-state index is -3.94. The van der Waals surface area contributed by atoms with E-state index in [-0.39, 0.29) is 30.0 Å². The van der Waals surface area contributed by atoms with Crippen LogP contribution in [0.2, 0.25) is 0 Å². The highest BCUT2D eigenvalue weighted by Crippen LogP contribution is 2.27. The Morgan fingerprint density at radius 3 is 2.20 bits per heavy atom. The SMILES string of the molecule is Cc1ccc(S(=O)(=O)N2CCC[C@H]2C(=O)N[C@@H](Cc2ccc(OC(C(=O)O)c3ccccc3)cc2)C(=O)O)cc1. The number of carbonyl (C=O) groups excluding carboxylic acids is 1. The molecule has 3 N–H and O–H groups in total. The number of ether oxygens (including phenoxy) is 1. The molecule has 1 amide bonds.